The van der Waals surface area contributed by atoms with Crippen molar-refractivity contribution in [2.45, 2.75) is 4.90 Å². The third-order valence-corrected chi connectivity index (χ3v) is 1.29. The van der Waals surface area contributed by atoms with E-state index in [4.69, 9.17) is 18.4 Å². The first-order chi connectivity index (χ1) is 3.80. The fourth-order valence-corrected chi connectivity index (χ4v) is 0.627. The van der Waals surface area contributed by atoms with Crippen LogP contribution in [0.1, 0.15) is 0 Å². The van der Waals surface area contributed by atoms with E-state index in [1.807, 2.05) is 18.2 Å². The summed E-state index contributed by atoms with van der Waals surface area (Å²) in [6.07, 6.45) is 0. The fourth-order valence-electron chi connectivity index (χ4n) is 0.481. The quantitative estimate of drug-likeness (QED) is 0.265. The van der Waals surface area contributed by atoms with E-state index in [0.717, 1.165) is 4.90 Å². The van der Waals surface area contributed by atoms with Crippen molar-refractivity contribution in [2.24, 2.45) is 0 Å². The van der Waals surface area contributed by atoms with Crippen molar-refractivity contribution in [3.05, 3.63) is 24.3 Å². The molecule has 1 rings (SSSR count). The molecule has 1 aromatic rings. The zero-order valence-electron chi connectivity index (χ0n) is 5.29. The van der Waals surface area contributed by atoms with Crippen LogP contribution in [-0.4, -0.2) is 0 Å². The average Bonchev–Trinajstić information content (AvgIpc) is 1.77. The van der Waals surface area contributed by atoms with Gasteiger partial charge in [0.15, 0.2) is 0 Å². The summed E-state index contributed by atoms with van der Waals surface area (Å²) in [5.41, 5.74) is 6.10. The monoisotopic (exact) mass is 147 g/mol. The zero-order chi connectivity index (χ0) is 5.98. The van der Waals surface area contributed by atoms with E-state index in [1.165, 1.54) is 0 Å². The summed E-state index contributed by atoms with van der Waals surface area (Å²) in [6.45, 7) is 0. The van der Waals surface area contributed by atoms with E-state index in [0.29, 0.717) is 5.69 Å². The molecule has 0 fully saturated rings. The molecule has 0 saturated carbocycles. The molecule has 0 spiro atoms. The molecule has 9 heavy (non-hydrogen) atoms. The first kappa shape index (κ1) is 9.24. The molecule has 0 heterocycles. The van der Waals surface area contributed by atoms with Gasteiger partial charge in [0.05, 0.1) is 0 Å². The van der Waals surface area contributed by atoms with Gasteiger partial charge in [-0.05, 0) is 6.07 Å². The Morgan fingerprint density at radius 1 is 1.22 bits per heavy atom. The molecule has 2 N–H and O–H groups in total. The molecule has 0 aliphatic heterocycles. The largest absolute Gasteiger partial charge is 1.00 e. The standard InChI is InChI=1S/C6H7NS.Na/c7-5-3-1-2-4-6(5)8;/h1-4,8H,7H2;/q;+1/p-1. The number of hydrogen-bond acceptors (Lipinski definition) is 2. The molecule has 0 radical (unpaired) electrons. The maximum Gasteiger partial charge on any atom is 1.00 e. The molecule has 0 aliphatic carbocycles. The SMILES string of the molecule is Nc1ccccc1[S-].[Na+]. The van der Waals surface area contributed by atoms with E-state index in [9.17, 15) is 0 Å². The number of benzene rings is 1. The van der Waals surface area contributed by atoms with Crippen LogP contribution < -0.4 is 35.3 Å². The summed E-state index contributed by atoms with van der Waals surface area (Å²) in [6, 6.07) is 7.34. The summed E-state index contributed by atoms with van der Waals surface area (Å²) in [7, 11) is 0. The van der Waals surface area contributed by atoms with Gasteiger partial charge in [0.1, 0.15) is 0 Å². The molecular formula is C6H6NNaS. The summed E-state index contributed by atoms with van der Waals surface area (Å²) in [5, 5.41) is 0. The first-order valence-corrected chi connectivity index (χ1v) is 2.73. The minimum Gasteiger partial charge on any atom is -0.778 e. The van der Waals surface area contributed by atoms with Crippen LogP contribution in [0.5, 0.6) is 0 Å². The number of nitrogens with two attached hydrogens (primary N) is 1. The Morgan fingerprint density at radius 3 is 2.11 bits per heavy atom. The molecule has 42 valence electrons. The molecule has 0 atom stereocenters. The van der Waals surface area contributed by atoms with E-state index in [2.05, 4.69) is 0 Å². The number of nitrogen functional groups attached to an aromatic ring is 1. The van der Waals surface area contributed by atoms with Crippen molar-refractivity contribution in [1.82, 2.24) is 0 Å². The number of para-hydroxylation sites is 1. The maximum absolute atomic E-state index is 5.42. The second-order valence-corrected chi connectivity index (χ2v) is 1.98. The van der Waals surface area contributed by atoms with Gasteiger partial charge < -0.3 is 18.4 Å². The van der Waals surface area contributed by atoms with Gasteiger partial charge in [-0.3, -0.25) is 0 Å². The third-order valence-electron chi connectivity index (χ3n) is 0.919. The molecule has 3 heteroatoms. The smallest absolute Gasteiger partial charge is 0.778 e. The Labute approximate surface area is 82.3 Å². The van der Waals surface area contributed by atoms with Gasteiger partial charge in [0.2, 0.25) is 0 Å². The van der Waals surface area contributed by atoms with Crippen molar-refractivity contribution < 1.29 is 29.6 Å². The molecule has 0 aromatic heterocycles. The van der Waals surface area contributed by atoms with Gasteiger partial charge in [0, 0.05) is 5.69 Å². The van der Waals surface area contributed by atoms with Gasteiger partial charge in [-0.15, -0.1) is 0 Å². The first-order valence-electron chi connectivity index (χ1n) is 2.32. The number of rotatable bonds is 0. The normalized spacial score (nSPS) is 8.00. The van der Waals surface area contributed by atoms with Crippen LogP contribution in [0.2, 0.25) is 0 Å². The predicted octanol–water partition coefficient (Wildman–Crippen LogP) is -1.82. The fraction of sp³-hybridized carbons (Fsp3) is 0. The van der Waals surface area contributed by atoms with Crippen LogP contribution in [-0.2, 0) is 12.6 Å². The molecule has 0 saturated heterocycles. The van der Waals surface area contributed by atoms with Crippen LogP contribution in [0.15, 0.2) is 29.2 Å². The van der Waals surface area contributed by atoms with Gasteiger partial charge >= 0.3 is 29.6 Å². The van der Waals surface area contributed by atoms with Crippen molar-refractivity contribution >= 4 is 18.3 Å². The Balaban J connectivity index is 0.000000640. The van der Waals surface area contributed by atoms with E-state index in [-0.39, 0.29) is 29.6 Å². The van der Waals surface area contributed by atoms with Gasteiger partial charge in [-0.25, -0.2) is 0 Å². The van der Waals surface area contributed by atoms with Crippen LogP contribution in [0.25, 0.3) is 0 Å². The summed E-state index contributed by atoms with van der Waals surface area (Å²) in [4.78, 5) is 0.729. The molecule has 0 unspecified atom stereocenters. The van der Waals surface area contributed by atoms with E-state index in [1.54, 1.807) is 6.07 Å². The predicted molar refractivity (Wildman–Crippen MR) is 36.5 cm³/mol. The maximum atomic E-state index is 5.42. The Hall–Kier alpha value is 0.240. The van der Waals surface area contributed by atoms with Crippen LogP contribution >= 0.6 is 0 Å². The van der Waals surface area contributed by atoms with Crippen molar-refractivity contribution in [2.75, 3.05) is 5.73 Å². The minimum atomic E-state index is 0. The Morgan fingerprint density at radius 2 is 1.78 bits per heavy atom. The third kappa shape index (κ3) is 2.54. The van der Waals surface area contributed by atoms with E-state index >= 15 is 0 Å². The van der Waals surface area contributed by atoms with Crippen LogP contribution in [0.4, 0.5) is 5.69 Å². The number of anilines is 1. The van der Waals surface area contributed by atoms with Gasteiger partial charge in [-0.1, -0.05) is 18.2 Å². The summed E-state index contributed by atoms with van der Waals surface area (Å²) in [5.74, 6) is 0. The molecule has 1 nitrogen and oxygen atoms in total. The van der Waals surface area contributed by atoms with Crippen molar-refractivity contribution in [3.8, 4) is 0 Å². The van der Waals surface area contributed by atoms with Crippen molar-refractivity contribution in [3.63, 3.8) is 0 Å². The zero-order valence-corrected chi connectivity index (χ0v) is 8.11. The Bertz CT molecular complexity index is 169. The molecule has 0 aliphatic rings. The van der Waals surface area contributed by atoms with Crippen LogP contribution in [0.3, 0.4) is 0 Å². The molecule has 0 amide bonds. The second kappa shape index (κ2) is 4.12. The summed E-state index contributed by atoms with van der Waals surface area (Å²) < 4.78 is 0. The van der Waals surface area contributed by atoms with E-state index < -0.39 is 0 Å². The molecule has 1 aromatic carbocycles. The second-order valence-electron chi connectivity index (χ2n) is 1.54. The average molecular weight is 147 g/mol. The minimum absolute atomic E-state index is 0. The topological polar surface area (TPSA) is 26.0 Å². The summed E-state index contributed by atoms with van der Waals surface area (Å²) >= 11 is 4.83. The Kier molecular flexibility index (Phi) is 4.23. The van der Waals surface area contributed by atoms with Gasteiger partial charge in [0.25, 0.3) is 0 Å². The molecule has 0 bridgehead atoms. The molecular weight excluding hydrogens is 141 g/mol. The van der Waals surface area contributed by atoms with Gasteiger partial charge in [-0.2, -0.15) is 4.90 Å². The van der Waals surface area contributed by atoms with Crippen LogP contribution in [0, 0.1) is 0 Å². The number of hydrogen-bond donors (Lipinski definition) is 1. The van der Waals surface area contributed by atoms with Crippen molar-refractivity contribution in [1.29, 1.82) is 0 Å².